The molecule has 0 aliphatic carbocycles. The number of rotatable bonds is 1. The van der Waals surface area contributed by atoms with E-state index in [1.54, 1.807) is 0 Å². The van der Waals surface area contributed by atoms with Gasteiger partial charge >= 0.3 is 0 Å². The molecule has 0 fully saturated rings. The summed E-state index contributed by atoms with van der Waals surface area (Å²) in [6, 6.07) is 24.0. The fourth-order valence-corrected chi connectivity index (χ4v) is 3.52. The smallest absolute Gasteiger partial charge is 0.0668 e. The van der Waals surface area contributed by atoms with Crippen molar-refractivity contribution in [3.63, 3.8) is 0 Å². The fourth-order valence-electron chi connectivity index (χ4n) is 3.52. The summed E-state index contributed by atoms with van der Waals surface area (Å²) >= 11 is 0. The summed E-state index contributed by atoms with van der Waals surface area (Å²) in [7, 11) is 0. The van der Waals surface area contributed by atoms with Crippen LogP contribution in [-0.2, 0) is 12.8 Å². The van der Waals surface area contributed by atoms with Crippen molar-refractivity contribution in [2.24, 2.45) is 4.99 Å². The zero-order chi connectivity index (χ0) is 16.5. The Morgan fingerprint density at radius 3 is 2.38 bits per heavy atom. The van der Waals surface area contributed by atoms with Gasteiger partial charge in [-0.25, -0.2) is 0 Å². The van der Waals surface area contributed by atoms with Crippen LogP contribution in [0.5, 0.6) is 0 Å². The van der Waals surface area contributed by atoms with Crippen LogP contribution >= 0.6 is 0 Å². The maximum absolute atomic E-state index is 4.94. The van der Waals surface area contributed by atoms with Gasteiger partial charge in [0, 0.05) is 17.7 Å². The second-order valence-corrected chi connectivity index (χ2v) is 6.39. The van der Waals surface area contributed by atoms with Crippen LogP contribution in [0.25, 0.3) is 11.1 Å². The number of hydrogen-bond donors (Lipinski definition) is 0. The highest BCUT2D eigenvalue weighted by atomic mass is 14.7. The minimum absolute atomic E-state index is 0.921. The molecule has 0 unspecified atom stereocenters. The summed E-state index contributed by atoms with van der Waals surface area (Å²) in [6.07, 6.45) is 1.98. The molecule has 0 N–H and O–H groups in total. The van der Waals surface area contributed by atoms with Crippen molar-refractivity contribution >= 4 is 11.4 Å². The molecule has 3 aromatic rings. The monoisotopic (exact) mass is 311 g/mol. The van der Waals surface area contributed by atoms with Gasteiger partial charge in [-0.1, -0.05) is 67.6 Å². The molecule has 0 spiro atoms. The second kappa shape index (κ2) is 6.09. The lowest BCUT2D eigenvalue weighted by Gasteiger charge is -2.14. The molecule has 0 bridgehead atoms. The summed E-state index contributed by atoms with van der Waals surface area (Å²) in [5, 5.41) is 0. The van der Waals surface area contributed by atoms with E-state index < -0.39 is 0 Å². The molecule has 0 saturated heterocycles. The summed E-state index contributed by atoms with van der Waals surface area (Å²) in [5.41, 5.74) is 10.1. The van der Waals surface area contributed by atoms with Gasteiger partial charge in [-0.3, -0.25) is 4.99 Å². The maximum Gasteiger partial charge on any atom is 0.0668 e. The van der Waals surface area contributed by atoms with Gasteiger partial charge in [0.25, 0.3) is 0 Å². The van der Waals surface area contributed by atoms with E-state index in [1.165, 1.54) is 33.4 Å². The Hall–Kier alpha value is -2.67. The average Bonchev–Trinajstić information content (AvgIpc) is 2.67. The van der Waals surface area contributed by atoms with Crippen molar-refractivity contribution in [3.8, 4) is 11.1 Å². The highest BCUT2D eigenvalue weighted by molar-refractivity contribution is 6.06. The summed E-state index contributed by atoms with van der Waals surface area (Å²) in [6.45, 7) is 4.33. The maximum atomic E-state index is 4.94. The Morgan fingerprint density at radius 2 is 1.54 bits per heavy atom. The zero-order valence-electron chi connectivity index (χ0n) is 14.2. The number of hydrogen-bond acceptors (Lipinski definition) is 1. The fraction of sp³-hybridized carbons (Fsp3) is 0.174. The van der Waals surface area contributed by atoms with Gasteiger partial charge in [-0.2, -0.15) is 0 Å². The van der Waals surface area contributed by atoms with Crippen molar-refractivity contribution in [2.75, 3.05) is 0 Å². The van der Waals surface area contributed by atoms with Crippen molar-refractivity contribution in [2.45, 2.75) is 26.7 Å². The third-order valence-electron chi connectivity index (χ3n) is 4.85. The van der Waals surface area contributed by atoms with Gasteiger partial charge in [0.1, 0.15) is 0 Å². The van der Waals surface area contributed by atoms with Gasteiger partial charge in [0.05, 0.1) is 5.69 Å². The average molecular weight is 311 g/mol. The standard InChI is InChI=1S/C23H21N/c1-3-17-12-13-21-19(14-17)15-18-8-4-7-11-23(18)24-16(2)20-9-5-6-10-22(20)21/h4-14H,3,15H2,1-2H3/b24-16+. The van der Waals surface area contributed by atoms with Gasteiger partial charge < -0.3 is 0 Å². The number of para-hydroxylation sites is 1. The molecule has 3 aromatic carbocycles. The molecule has 4 rings (SSSR count). The number of nitrogens with zero attached hydrogens (tertiary/aromatic N) is 1. The van der Waals surface area contributed by atoms with E-state index in [4.69, 9.17) is 4.99 Å². The van der Waals surface area contributed by atoms with Crippen LogP contribution in [0.1, 0.15) is 36.1 Å². The molecule has 0 amide bonds. The molecule has 1 heterocycles. The van der Waals surface area contributed by atoms with E-state index in [9.17, 15) is 0 Å². The molecule has 118 valence electrons. The van der Waals surface area contributed by atoms with Crippen molar-refractivity contribution in [3.05, 3.63) is 89.0 Å². The predicted molar refractivity (Wildman–Crippen MR) is 102 cm³/mol. The Balaban J connectivity index is 2.05. The molecule has 1 heteroatoms. The topological polar surface area (TPSA) is 12.4 Å². The quantitative estimate of drug-likeness (QED) is 0.525. The lowest BCUT2D eigenvalue weighted by Crippen LogP contribution is -1.99. The van der Waals surface area contributed by atoms with E-state index in [0.717, 1.165) is 24.2 Å². The van der Waals surface area contributed by atoms with Crippen molar-refractivity contribution < 1.29 is 0 Å². The van der Waals surface area contributed by atoms with Gasteiger partial charge in [-0.15, -0.1) is 0 Å². The Morgan fingerprint density at radius 1 is 0.792 bits per heavy atom. The molecule has 1 aliphatic rings. The summed E-state index contributed by atoms with van der Waals surface area (Å²) in [4.78, 5) is 4.94. The molecule has 0 radical (unpaired) electrons. The van der Waals surface area contributed by atoms with Crippen LogP contribution in [0.2, 0.25) is 0 Å². The summed E-state index contributed by atoms with van der Waals surface area (Å²) < 4.78 is 0. The summed E-state index contributed by atoms with van der Waals surface area (Å²) in [5.74, 6) is 0. The molecule has 0 aromatic heterocycles. The second-order valence-electron chi connectivity index (χ2n) is 6.39. The zero-order valence-corrected chi connectivity index (χ0v) is 14.2. The minimum Gasteiger partial charge on any atom is -0.253 e. The molecular weight excluding hydrogens is 290 g/mol. The SMILES string of the molecule is CCc1ccc2c(c1)Cc1ccccc1/N=C(\C)c1ccccc1-2. The molecule has 1 aliphatic heterocycles. The lowest BCUT2D eigenvalue weighted by atomic mass is 9.90. The molecule has 0 atom stereocenters. The minimum atomic E-state index is 0.921. The van der Waals surface area contributed by atoms with E-state index >= 15 is 0 Å². The van der Waals surface area contributed by atoms with Crippen LogP contribution < -0.4 is 0 Å². The highest BCUT2D eigenvalue weighted by Gasteiger charge is 2.16. The first-order valence-electron chi connectivity index (χ1n) is 8.61. The third kappa shape index (κ3) is 2.56. The van der Waals surface area contributed by atoms with E-state index in [0.29, 0.717) is 0 Å². The molecular formula is C23H21N. The number of aryl methyl sites for hydroxylation is 1. The number of fused-ring (bicyclic) bond motifs is 4. The van der Waals surface area contributed by atoms with E-state index in [-0.39, 0.29) is 0 Å². The van der Waals surface area contributed by atoms with Crippen LogP contribution in [-0.4, -0.2) is 5.71 Å². The Kier molecular flexibility index (Phi) is 3.78. The molecule has 1 nitrogen and oxygen atoms in total. The molecule has 0 saturated carbocycles. The van der Waals surface area contributed by atoms with Crippen molar-refractivity contribution in [1.29, 1.82) is 0 Å². The molecule has 24 heavy (non-hydrogen) atoms. The third-order valence-corrected chi connectivity index (χ3v) is 4.85. The number of aliphatic imine (C=N–C) groups is 1. The van der Waals surface area contributed by atoms with Crippen LogP contribution in [0.4, 0.5) is 5.69 Å². The van der Waals surface area contributed by atoms with E-state index in [1.807, 2.05) is 0 Å². The van der Waals surface area contributed by atoms with Crippen LogP contribution in [0.15, 0.2) is 71.7 Å². The predicted octanol–water partition coefficient (Wildman–Crippen LogP) is 5.96. The Labute approximate surface area is 143 Å². The van der Waals surface area contributed by atoms with Crippen LogP contribution in [0.3, 0.4) is 0 Å². The van der Waals surface area contributed by atoms with Gasteiger partial charge in [-0.05, 0) is 47.2 Å². The van der Waals surface area contributed by atoms with Crippen molar-refractivity contribution in [1.82, 2.24) is 0 Å². The highest BCUT2D eigenvalue weighted by Crippen LogP contribution is 2.34. The first-order valence-corrected chi connectivity index (χ1v) is 8.61. The first-order chi connectivity index (χ1) is 11.8. The lowest BCUT2D eigenvalue weighted by molar-refractivity contribution is 1.11. The Bertz CT molecular complexity index is 934. The van der Waals surface area contributed by atoms with Gasteiger partial charge in [0.15, 0.2) is 0 Å². The normalized spacial score (nSPS) is 15.0. The van der Waals surface area contributed by atoms with Crippen LogP contribution in [0, 0.1) is 0 Å². The van der Waals surface area contributed by atoms with E-state index in [2.05, 4.69) is 80.6 Å². The number of benzene rings is 3. The van der Waals surface area contributed by atoms with Gasteiger partial charge in [0.2, 0.25) is 0 Å². The largest absolute Gasteiger partial charge is 0.253 e. The first kappa shape index (κ1) is 14.9.